The van der Waals surface area contributed by atoms with E-state index in [-0.39, 0.29) is 11.9 Å². The number of amidine groups is 1. The standard InChI is InChI=1S/C27H24N2O4S/c1-17-4-13-23(18(2)14-17)28-27-29-25(30)24(34-27)15-19-7-11-22(12-8-19)33-16-20-5-9-21(10-6-20)26(31)32-3/h4-15H,16H2,1-3H3,(H,28,29,30). The molecule has 1 aliphatic rings. The van der Waals surface area contributed by atoms with Crippen LogP contribution < -0.4 is 10.1 Å². The molecule has 7 heteroatoms. The van der Waals surface area contributed by atoms with Crippen molar-refractivity contribution in [3.8, 4) is 5.75 Å². The SMILES string of the molecule is COC(=O)c1ccc(COc2ccc(C=C3SC(=Nc4ccc(C)cc4C)NC3=O)cc2)cc1. The summed E-state index contributed by atoms with van der Waals surface area (Å²) in [7, 11) is 1.36. The van der Waals surface area contributed by atoms with Crippen LogP contribution in [0.5, 0.6) is 5.75 Å². The summed E-state index contributed by atoms with van der Waals surface area (Å²) in [5.74, 6) is 0.180. The molecule has 0 aliphatic carbocycles. The van der Waals surface area contributed by atoms with Gasteiger partial charge in [-0.2, -0.15) is 0 Å². The first-order chi connectivity index (χ1) is 16.4. The van der Waals surface area contributed by atoms with Gasteiger partial charge in [-0.15, -0.1) is 0 Å². The average Bonchev–Trinajstić information content (AvgIpc) is 3.18. The van der Waals surface area contributed by atoms with Gasteiger partial charge in [0.25, 0.3) is 5.91 Å². The Bertz CT molecular complexity index is 1280. The van der Waals surface area contributed by atoms with Crippen LogP contribution in [0, 0.1) is 13.8 Å². The quantitative estimate of drug-likeness (QED) is 0.375. The van der Waals surface area contributed by atoms with E-state index in [9.17, 15) is 9.59 Å². The maximum absolute atomic E-state index is 12.4. The molecule has 1 fully saturated rings. The van der Waals surface area contributed by atoms with Gasteiger partial charge in [-0.05, 0) is 78.7 Å². The lowest BCUT2D eigenvalue weighted by molar-refractivity contribution is -0.115. The molecule has 3 aromatic rings. The predicted octanol–water partition coefficient (Wildman–Crippen LogP) is 5.56. The number of hydrogen-bond donors (Lipinski definition) is 1. The summed E-state index contributed by atoms with van der Waals surface area (Å²) in [5, 5.41) is 3.40. The summed E-state index contributed by atoms with van der Waals surface area (Å²) >= 11 is 1.32. The molecule has 1 aliphatic heterocycles. The van der Waals surface area contributed by atoms with Gasteiger partial charge >= 0.3 is 5.97 Å². The third kappa shape index (κ3) is 5.74. The molecule has 1 N–H and O–H groups in total. The molecule has 0 bridgehead atoms. The predicted molar refractivity (Wildman–Crippen MR) is 135 cm³/mol. The molecular weight excluding hydrogens is 448 g/mol. The van der Waals surface area contributed by atoms with Crippen LogP contribution in [0.3, 0.4) is 0 Å². The Labute approximate surface area is 202 Å². The van der Waals surface area contributed by atoms with Crippen LogP contribution in [0.15, 0.2) is 76.6 Å². The van der Waals surface area contributed by atoms with Gasteiger partial charge in [-0.1, -0.05) is 42.0 Å². The number of aryl methyl sites for hydroxylation is 2. The van der Waals surface area contributed by atoms with Crippen molar-refractivity contribution in [1.29, 1.82) is 0 Å². The first-order valence-corrected chi connectivity index (χ1v) is 11.5. The first-order valence-electron chi connectivity index (χ1n) is 10.7. The number of nitrogens with one attached hydrogen (secondary N) is 1. The minimum absolute atomic E-state index is 0.163. The number of rotatable bonds is 6. The maximum atomic E-state index is 12.4. The zero-order valence-corrected chi connectivity index (χ0v) is 19.9. The summed E-state index contributed by atoms with van der Waals surface area (Å²) in [5.41, 5.74) is 5.41. The van der Waals surface area contributed by atoms with Crippen LogP contribution in [0.1, 0.15) is 32.6 Å². The molecule has 3 aromatic carbocycles. The molecule has 1 amide bonds. The fourth-order valence-electron chi connectivity index (χ4n) is 3.35. The number of thioether (sulfide) groups is 1. The van der Waals surface area contributed by atoms with E-state index in [2.05, 4.69) is 16.4 Å². The normalized spacial score (nSPS) is 15.4. The summed E-state index contributed by atoms with van der Waals surface area (Å²) < 4.78 is 10.5. The second kappa shape index (κ2) is 10.4. The smallest absolute Gasteiger partial charge is 0.337 e. The zero-order chi connectivity index (χ0) is 24.1. The number of nitrogens with zero attached hydrogens (tertiary/aromatic N) is 1. The molecule has 1 saturated heterocycles. The largest absolute Gasteiger partial charge is 0.489 e. The lowest BCUT2D eigenvalue weighted by Crippen LogP contribution is -2.19. The monoisotopic (exact) mass is 472 g/mol. The third-order valence-electron chi connectivity index (χ3n) is 5.18. The Hall–Kier alpha value is -3.84. The second-order valence-corrected chi connectivity index (χ2v) is 8.85. The van der Waals surface area contributed by atoms with Crippen LogP contribution >= 0.6 is 11.8 Å². The number of carbonyl (C=O) groups is 2. The van der Waals surface area contributed by atoms with Crippen LogP contribution in [0.2, 0.25) is 0 Å². The fraction of sp³-hybridized carbons (Fsp3) is 0.148. The highest BCUT2D eigenvalue weighted by atomic mass is 32.2. The number of amides is 1. The number of ether oxygens (including phenoxy) is 2. The van der Waals surface area contributed by atoms with Crippen molar-refractivity contribution < 1.29 is 19.1 Å². The van der Waals surface area contributed by atoms with Gasteiger partial charge in [-0.25, -0.2) is 9.79 Å². The zero-order valence-electron chi connectivity index (χ0n) is 19.1. The number of carbonyl (C=O) groups excluding carboxylic acids is 2. The minimum Gasteiger partial charge on any atom is -0.489 e. The van der Waals surface area contributed by atoms with Crippen molar-refractivity contribution in [2.45, 2.75) is 20.5 Å². The molecule has 172 valence electrons. The number of benzene rings is 3. The molecule has 0 aromatic heterocycles. The van der Waals surface area contributed by atoms with Crippen molar-refractivity contribution >= 4 is 40.6 Å². The fourth-order valence-corrected chi connectivity index (χ4v) is 4.19. The summed E-state index contributed by atoms with van der Waals surface area (Å²) in [6.45, 7) is 4.42. The van der Waals surface area contributed by atoms with E-state index in [0.29, 0.717) is 28.0 Å². The number of aliphatic imine (C=N–C) groups is 1. The highest BCUT2D eigenvalue weighted by Crippen LogP contribution is 2.29. The third-order valence-corrected chi connectivity index (χ3v) is 6.09. The van der Waals surface area contributed by atoms with Crippen molar-refractivity contribution in [2.75, 3.05) is 7.11 Å². The first kappa shape index (κ1) is 23.3. The molecule has 6 nitrogen and oxygen atoms in total. The van der Waals surface area contributed by atoms with Gasteiger partial charge in [0, 0.05) is 0 Å². The number of esters is 1. The van der Waals surface area contributed by atoms with E-state index in [0.717, 1.165) is 22.4 Å². The van der Waals surface area contributed by atoms with Gasteiger partial charge in [-0.3, -0.25) is 4.79 Å². The van der Waals surface area contributed by atoms with E-state index >= 15 is 0 Å². The second-order valence-electron chi connectivity index (χ2n) is 7.82. The average molecular weight is 473 g/mol. The minimum atomic E-state index is -0.366. The molecule has 4 rings (SSSR count). The van der Waals surface area contributed by atoms with Crippen LogP contribution in [0.4, 0.5) is 5.69 Å². The topological polar surface area (TPSA) is 77.0 Å². The Balaban J connectivity index is 1.38. The van der Waals surface area contributed by atoms with E-state index in [1.807, 2.05) is 68.5 Å². The summed E-state index contributed by atoms with van der Waals surface area (Å²) in [6, 6.07) is 20.6. The molecule has 0 radical (unpaired) electrons. The molecule has 34 heavy (non-hydrogen) atoms. The van der Waals surface area contributed by atoms with E-state index in [1.165, 1.54) is 24.4 Å². The lowest BCUT2D eigenvalue weighted by atomic mass is 10.1. The number of hydrogen-bond acceptors (Lipinski definition) is 6. The van der Waals surface area contributed by atoms with Crippen LogP contribution in [-0.4, -0.2) is 24.2 Å². The molecule has 0 spiro atoms. The van der Waals surface area contributed by atoms with Crippen molar-refractivity contribution in [3.63, 3.8) is 0 Å². The molecule has 0 atom stereocenters. The Morgan fingerprint density at radius 3 is 2.44 bits per heavy atom. The maximum Gasteiger partial charge on any atom is 0.337 e. The van der Waals surface area contributed by atoms with Crippen molar-refractivity contribution in [2.24, 2.45) is 4.99 Å². The summed E-state index contributed by atoms with van der Waals surface area (Å²) in [4.78, 5) is 29.1. The van der Waals surface area contributed by atoms with Crippen molar-refractivity contribution in [1.82, 2.24) is 5.32 Å². The lowest BCUT2D eigenvalue weighted by Gasteiger charge is -2.07. The van der Waals surface area contributed by atoms with Crippen molar-refractivity contribution in [3.05, 3.63) is 99.5 Å². The molecule has 1 heterocycles. The molecular formula is C27H24N2O4S. The molecule has 0 saturated carbocycles. The summed E-state index contributed by atoms with van der Waals surface area (Å²) in [6.07, 6.45) is 1.83. The number of methoxy groups -OCH3 is 1. The highest BCUT2D eigenvalue weighted by molar-refractivity contribution is 8.18. The Morgan fingerprint density at radius 1 is 1.03 bits per heavy atom. The van der Waals surface area contributed by atoms with E-state index in [1.54, 1.807) is 12.1 Å². The van der Waals surface area contributed by atoms with Gasteiger partial charge < -0.3 is 14.8 Å². The highest BCUT2D eigenvalue weighted by Gasteiger charge is 2.24. The van der Waals surface area contributed by atoms with Gasteiger partial charge in [0.15, 0.2) is 5.17 Å². The Kier molecular flexibility index (Phi) is 7.13. The van der Waals surface area contributed by atoms with Gasteiger partial charge in [0.2, 0.25) is 0 Å². The van der Waals surface area contributed by atoms with Gasteiger partial charge in [0.1, 0.15) is 12.4 Å². The van der Waals surface area contributed by atoms with Crippen LogP contribution in [0.25, 0.3) is 6.08 Å². The Morgan fingerprint density at radius 2 is 1.76 bits per heavy atom. The molecule has 0 unspecified atom stereocenters. The van der Waals surface area contributed by atoms with Crippen LogP contribution in [-0.2, 0) is 16.1 Å². The van der Waals surface area contributed by atoms with E-state index < -0.39 is 0 Å². The van der Waals surface area contributed by atoms with E-state index in [4.69, 9.17) is 9.47 Å². The van der Waals surface area contributed by atoms with Gasteiger partial charge in [0.05, 0.1) is 23.3 Å².